The van der Waals surface area contributed by atoms with Gasteiger partial charge in [0, 0.05) is 12.8 Å². The van der Waals surface area contributed by atoms with Gasteiger partial charge in [-0.1, -0.05) is 0 Å². The van der Waals surface area contributed by atoms with Crippen LogP contribution in [0.5, 0.6) is 0 Å². The van der Waals surface area contributed by atoms with Crippen LogP contribution in [0.1, 0.15) is 19.8 Å². The number of fused-ring (bicyclic) bond motifs is 2. The van der Waals surface area contributed by atoms with Crippen LogP contribution in [0.2, 0.25) is 0 Å². The van der Waals surface area contributed by atoms with Crippen molar-refractivity contribution >= 4 is 5.97 Å². The zero-order valence-electron chi connectivity index (χ0n) is 7.77. The number of ether oxygens (including phenoxy) is 2. The van der Waals surface area contributed by atoms with E-state index in [1.165, 1.54) is 0 Å². The highest BCUT2D eigenvalue weighted by molar-refractivity contribution is 5.78. The largest absolute Gasteiger partial charge is 0.479 e. The fraction of sp³-hybridized carbons (Fsp3) is 0.889. The second kappa shape index (κ2) is 2.13. The molecular formula is C9H12O5. The zero-order valence-corrected chi connectivity index (χ0v) is 7.77. The van der Waals surface area contributed by atoms with Gasteiger partial charge >= 0.3 is 5.97 Å². The summed E-state index contributed by atoms with van der Waals surface area (Å²) < 4.78 is 10.7. The Morgan fingerprint density at radius 2 is 2.21 bits per heavy atom. The molecule has 0 bridgehead atoms. The van der Waals surface area contributed by atoms with Gasteiger partial charge in [-0.25, -0.2) is 4.79 Å². The second-order valence-electron chi connectivity index (χ2n) is 4.53. The summed E-state index contributed by atoms with van der Waals surface area (Å²) >= 11 is 0. The molecule has 14 heavy (non-hydrogen) atoms. The number of carboxylic acids is 1. The summed E-state index contributed by atoms with van der Waals surface area (Å²) in [6.07, 6.45) is -0.367. The molecular weight excluding hydrogens is 188 g/mol. The average molecular weight is 200 g/mol. The van der Waals surface area contributed by atoms with Crippen molar-refractivity contribution in [1.29, 1.82) is 0 Å². The first-order chi connectivity index (χ1) is 6.49. The van der Waals surface area contributed by atoms with Gasteiger partial charge in [-0.2, -0.15) is 0 Å². The Kier molecular flexibility index (Phi) is 1.31. The van der Waals surface area contributed by atoms with Crippen LogP contribution in [-0.4, -0.2) is 45.7 Å². The van der Waals surface area contributed by atoms with Crippen molar-refractivity contribution in [3.8, 4) is 0 Å². The minimum atomic E-state index is -0.963. The number of carboxylic acid groups (broad SMARTS) is 1. The van der Waals surface area contributed by atoms with Crippen molar-refractivity contribution in [1.82, 2.24) is 0 Å². The number of carbonyl (C=O) groups is 1. The van der Waals surface area contributed by atoms with Gasteiger partial charge in [0.1, 0.15) is 11.2 Å². The predicted molar refractivity (Wildman–Crippen MR) is 43.8 cm³/mol. The molecule has 3 fully saturated rings. The van der Waals surface area contributed by atoms with E-state index in [9.17, 15) is 9.90 Å². The van der Waals surface area contributed by atoms with Crippen molar-refractivity contribution in [3.05, 3.63) is 0 Å². The Hall–Kier alpha value is -0.650. The van der Waals surface area contributed by atoms with Crippen LogP contribution < -0.4 is 0 Å². The maximum Gasteiger partial charge on any atom is 0.336 e. The zero-order chi connectivity index (χ0) is 10.1. The van der Waals surface area contributed by atoms with Crippen LogP contribution in [0.25, 0.3) is 0 Å². The summed E-state index contributed by atoms with van der Waals surface area (Å²) in [6.45, 7) is 1.87. The third-order valence-electron chi connectivity index (χ3n) is 3.73. The summed E-state index contributed by atoms with van der Waals surface area (Å²) in [5.41, 5.74) is -1.24. The topological polar surface area (TPSA) is 82.6 Å². The van der Waals surface area contributed by atoms with E-state index in [0.29, 0.717) is 12.8 Å². The highest BCUT2D eigenvalue weighted by Gasteiger charge is 2.82. The van der Waals surface area contributed by atoms with Crippen LogP contribution in [0, 0.1) is 0 Å². The van der Waals surface area contributed by atoms with E-state index in [4.69, 9.17) is 14.6 Å². The molecule has 5 atom stereocenters. The van der Waals surface area contributed by atoms with Crippen LogP contribution in [0.15, 0.2) is 0 Å². The van der Waals surface area contributed by atoms with E-state index < -0.39 is 29.4 Å². The lowest BCUT2D eigenvalue weighted by Gasteiger charge is -2.25. The van der Waals surface area contributed by atoms with Crippen molar-refractivity contribution in [2.45, 2.75) is 49.3 Å². The van der Waals surface area contributed by atoms with Gasteiger partial charge in [-0.15, -0.1) is 0 Å². The van der Waals surface area contributed by atoms with E-state index in [0.717, 1.165) is 0 Å². The van der Waals surface area contributed by atoms with E-state index in [1.54, 1.807) is 0 Å². The number of hydrogen-bond donors (Lipinski definition) is 2. The highest BCUT2D eigenvalue weighted by atomic mass is 16.7. The molecule has 0 radical (unpaired) electrons. The molecule has 5 heteroatoms. The maximum atomic E-state index is 10.8. The first-order valence-corrected chi connectivity index (χ1v) is 4.76. The third kappa shape index (κ3) is 0.785. The molecule has 0 aromatic rings. The maximum absolute atomic E-state index is 10.8. The molecule has 0 amide bonds. The molecule has 3 aliphatic rings. The predicted octanol–water partition coefficient (Wildman–Crippen LogP) is -0.479. The number of epoxide rings is 2. The molecule has 2 saturated heterocycles. The lowest BCUT2D eigenvalue weighted by atomic mass is 9.76. The first-order valence-electron chi connectivity index (χ1n) is 4.76. The van der Waals surface area contributed by atoms with E-state index >= 15 is 0 Å². The quantitative estimate of drug-likeness (QED) is 0.559. The minimum absolute atomic E-state index is 0.0319. The number of rotatable bonds is 1. The molecule has 2 heterocycles. The molecule has 1 aliphatic carbocycles. The van der Waals surface area contributed by atoms with Crippen molar-refractivity contribution in [3.63, 3.8) is 0 Å². The Labute approximate surface area is 80.6 Å². The summed E-state index contributed by atoms with van der Waals surface area (Å²) in [5.74, 6) is -0.963. The van der Waals surface area contributed by atoms with Gasteiger partial charge in [-0.05, 0) is 6.92 Å². The van der Waals surface area contributed by atoms with E-state index in [-0.39, 0.29) is 6.10 Å². The molecule has 5 nitrogen and oxygen atoms in total. The van der Waals surface area contributed by atoms with Gasteiger partial charge in [-0.3, -0.25) is 0 Å². The minimum Gasteiger partial charge on any atom is -0.479 e. The van der Waals surface area contributed by atoms with Gasteiger partial charge in [0.15, 0.2) is 6.10 Å². The van der Waals surface area contributed by atoms with Crippen LogP contribution in [0.3, 0.4) is 0 Å². The monoisotopic (exact) mass is 200 g/mol. The first kappa shape index (κ1) is 8.64. The molecule has 0 aromatic carbocycles. The van der Waals surface area contributed by atoms with E-state index in [2.05, 4.69) is 0 Å². The SMILES string of the molecule is CC12OC1CC(O)CC21OC1C(=O)O. The number of aliphatic hydroxyl groups is 1. The van der Waals surface area contributed by atoms with Gasteiger partial charge in [0.05, 0.1) is 12.2 Å². The van der Waals surface area contributed by atoms with Crippen molar-refractivity contribution in [2.24, 2.45) is 0 Å². The summed E-state index contributed by atoms with van der Waals surface area (Å²) in [6, 6.07) is 0. The van der Waals surface area contributed by atoms with Crippen LogP contribution in [0.4, 0.5) is 0 Å². The summed E-state index contributed by atoms with van der Waals surface area (Å²) in [7, 11) is 0. The fourth-order valence-electron chi connectivity index (χ4n) is 2.75. The Morgan fingerprint density at radius 1 is 1.50 bits per heavy atom. The highest BCUT2D eigenvalue weighted by Crippen LogP contribution is 2.63. The number of hydrogen-bond acceptors (Lipinski definition) is 4. The summed E-state index contributed by atoms with van der Waals surface area (Å²) in [5, 5.41) is 18.4. The second-order valence-corrected chi connectivity index (χ2v) is 4.53. The van der Waals surface area contributed by atoms with Crippen molar-refractivity contribution in [2.75, 3.05) is 0 Å². The molecule has 2 N–H and O–H groups in total. The fourth-order valence-corrected chi connectivity index (χ4v) is 2.75. The molecule has 3 rings (SSSR count). The Morgan fingerprint density at radius 3 is 2.79 bits per heavy atom. The Balaban J connectivity index is 1.89. The van der Waals surface area contributed by atoms with E-state index in [1.807, 2.05) is 6.92 Å². The molecule has 5 unspecified atom stereocenters. The molecule has 78 valence electrons. The molecule has 1 saturated carbocycles. The lowest BCUT2D eigenvalue weighted by molar-refractivity contribution is -0.138. The van der Waals surface area contributed by atoms with Crippen LogP contribution >= 0.6 is 0 Å². The normalized spacial score (nSPS) is 59.4. The summed E-state index contributed by atoms with van der Waals surface area (Å²) in [4.78, 5) is 10.8. The molecule has 1 spiro atoms. The van der Waals surface area contributed by atoms with Gasteiger partial charge in [0.25, 0.3) is 0 Å². The average Bonchev–Trinajstić information content (AvgIpc) is 2.90. The van der Waals surface area contributed by atoms with Gasteiger partial charge in [0.2, 0.25) is 0 Å². The van der Waals surface area contributed by atoms with Gasteiger partial charge < -0.3 is 19.7 Å². The molecule has 0 aromatic heterocycles. The molecule has 2 aliphatic heterocycles. The lowest BCUT2D eigenvalue weighted by Crippen LogP contribution is -2.44. The Bertz CT molecular complexity index is 316. The number of aliphatic carboxylic acids is 1. The standard InChI is InChI=1S/C9H12O5/c1-8-5(13-8)2-4(10)3-9(8)6(14-9)7(11)12/h4-6,10H,2-3H2,1H3,(H,11,12). The van der Waals surface area contributed by atoms with Crippen LogP contribution in [-0.2, 0) is 14.3 Å². The van der Waals surface area contributed by atoms with Crippen molar-refractivity contribution < 1.29 is 24.5 Å². The number of aliphatic hydroxyl groups excluding tert-OH is 1. The smallest absolute Gasteiger partial charge is 0.336 e. The third-order valence-corrected chi connectivity index (χ3v) is 3.73.